The molecule has 3 N–H and O–H groups in total. The minimum absolute atomic E-state index is 0.0641. The largest absolute Gasteiger partial charge is 0.494 e. The second-order valence-corrected chi connectivity index (χ2v) is 9.72. The Morgan fingerprint density at radius 2 is 1.94 bits per heavy atom. The highest BCUT2D eigenvalue weighted by molar-refractivity contribution is 5.93. The van der Waals surface area contributed by atoms with E-state index in [0.717, 1.165) is 38.8 Å². The van der Waals surface area contributed by atoms with Crippen molar-refractivity contribution in [1.82, 2.24) is 15.3 Å². The number of hydrogen-bond donors (Lipinski definition) is 3. The molecule has 1 saturated carbocycles. The molecule has 188 valence electrons. The fraction of sp³-hybridized carbons (Fsp3) is 0.423. The summed E-state index contributed by atoms with van der Waals surface area (Å²) in [6, 6.07) is 4.81. The third kappa shape index (κ3) is 4.15. The molecule has 0 radical (unpaired) electrons. The Balaban J connectivity index is 1.22. The first kappa shape index (κ1) is 22.8. The van der Waals surface area contributed by atoms with Crippen molar-refractivity contribution in [2.75, 3.05) is 44.0 Å². The van der Waals surface area contributed by atoms with Crippen LogP contribution in [0.4, 0.5) is 20.7 Å². The molecule has 0 atom stereocenters. The maximum atomic E-state index is 15.1. The predicted molar refractivity (Wildman–Crippen MR) is 133 cm³/mol. The van der Waals surface area contributed by atoms with Crippen LogP contribution in [0.25, 0.3) is 21.9 Å². The van der Waals surface area contributed by atoms with Crippen molar-refractivity contribution in [1.29, 1.82) is 0 Å². The van der Waals surface area contributed by atoms with Gasteiger partial charge in [-0.2, -0.15) is 0 Å². The Hall–Kier alpha value is -3.66. The molecule has 0 unspecified atom stereocenters. The van der Waals surface area contributed by atoms with Gasteiger partial charge in [-0.15, -0.1) is 0 Å². The minimum Gasteiger partial charge on any atom is -0.494 e. The van der Waals surface area contributed by atoms with Gasteiger partial charge in [0.15, 0.2) is 5.75 Å². The first-order valence-corrected chi connectivity index (χ1v) is 12.3. The van der Waals surface area contributed by atoms with E-state index in [4.69, 9.17) is 14.2 Å². The summed E-state index contributed by atoms with van der Waals surface area (Å²) in [7, 11) is 1.53. The number of amides is 1. The summed E-state index contributed by atoms with van der Waals surface area (Å²) >= 11 is 0. The van der Waals surface area contributed by atoms with E-state index in [1.54, 1.807) is 18.3 Å². The molecule has 3 aliphatic rings. The van der Waals surface area contributed by atoms with Crippen molar-refractivity contribution in [3.8, 4) is 22.8 Å². The van der Waals surface area contributed by atoms with Gasteiger partial charge in [0.05, 0.1) is 7.11 Å². The van der Waals surface area contributed by atoms with Gasteiger partial charge < -0.3 is 24.8 Å². The highest BCUT2D eigenvalue weighted by atomic mass is 19.1. The Kier molecular flexibility index (Phi) is 5.75. The van der Waals surface area contributed by atoms with Crippen LogP contribution in [0.2, 0.25) is 0 Å². The van der Waals surface area contributed by atoms with Crippen molar-refractivity contribution in [3.63, 3.8) is 0 Å². The third-order valence-electron chi connectivity index (χ3n) is 7.43. The van der Waals surface area contributed by atoms with Gasteiger partial charge >= 0.3 is 6.09 Å². The molecule has 1 spiro atoms. The number of carbonyl (C=O) groups is 1. The highest BCUT2D eigenvalue weighted by Crippen LogP contribution is 2.49. The Bertz CT molecular complexity index is 1320. The Morgan fingerprint density at radius 3 is 2.75 bits per heavy atom. The second kappa shape index (κ2) is 9.09. The quantitative estimate of drug-likeness (QED) is 0.493. The molecule has 1 aromatic carbocycles. The molecule has 36 heavy (non-hydrogen) atoms. The number of hydrogen-bond acceptors (Lipinski definition) is 8. The summed E-state index contributed by atoms with van der Waals surface area (Å²) < 4.78 is 31.9. The summed E-state index contributed by atoms with van der Waals surface area (Å²) in [5.74, 6) is 0.792. The minimum atomic E-state index is -0.524. The number of piperidine rings is 1. The molecule has 2 aliphatic heterocycles. The monoisotopic (exact) mass is 493 g/mol. The lowest BCUT2D eigenvalue weighted by Gasteiger charge is -2.49. The SMILES string of the molecule is COc1c(-c2cc3cc(NC(=O)OC4CC5(CCNCC5)C4)ncc3cc2F)cnc2c1NCCO2. The molecule has 1 saturated heterocycles. The summed E-state index contributed by atoms with van der Waals surface area (Å²) in [6.45, 7) is 3.15. The van der Waals surface area contributed by atoms with E-state index in [9.17, 15) is 4.79 Å². The molecular weight excluding hydrogens is 465 g/mol. The van der Waals surface area contributed by atoms with Crippen LogP contribution < -0.4 is 25.4 Å². The number of aromatic nitrogens is 2. The number of fused-ring (bicyclic) bond motifs is 2. The zero-order valence-corrected chi connectivity index (χ0v) is 20.0. The first-order valence-electron chi connectivity index (χ1n) is 12.3. The fourth-order valence-electron chi connectivity index (χ4n) is 5.55. The number of carbonyl (C=O) groups excluding carboxylic acids is 1. The summed E-state index contributed by atoms with van der Waals surface area (Å²) in [5.41, 5.74) is 1.74. The smallest absolute Gasteiger partial charge is 0.413 e. The number of ether oxygens (including phenoxy) is 3. The standard InChI is InChI=1S/C26H28FN5O4/c1-34-23-19(14-31-24-22(23)29-6-7-35-24)18-8-15-10-21(30-13-16(15)9-20(18)27)32-25(33)36-17-11-26(12-17)2-4-28-5-3-26/h8-10,13-14,17,28-29H,2-7,11-12H2,1H3,(H,30,32,33). The molecule has 2 fully saturated rings. The molecule has 0 bridgehead atoms. The topological polar surface area (TPSA) is 107 Å². The van der Waals surface area contributed by atoms with Crippen LogP contribution in [-0.4, -0.2) is 55.5 Å². The van der Waals surface area contributed by atoms with Gasteiger partial charge in [-0.3, -0.25) is 5.32 Å². The molecule has 6 rings (SSSR count). The second-order valence-electron chi connectivity index (χ2n) is 9.72. The van der Waals surface area contributed by atoms with Gasteiger partial charge in [-0.1, -0.05) is 0 Å². The van der Waals surface area contributed by atoms with Crippen LogP contribution in [0.5, 0.6) is 11.6 Å². The van der Waals surface area contributed by atoms with E-state index in [-0.39, 0.29) is 6.10 Å². The van der Waals surface area contributed by atoms with E-state index in [1.165, 1.54) is 19.4 Å². The number of methoxy groups -OCH3 is 1. The lowest BCUT2D eigenvalue weighted by atomic mass is 9.62. The third-order valence-corrected chi connectivity index (χ3v) is 7.43. The Morgan fingerprint density at radius 1 is 1.11 bits per heavy atom. The molecule has 10 heteroatoms. The molecule has 4 heterocycles. The summed E-state index contributed by atoms with van der Waals surface area (Å²) in [4.78, 5) is 21.1. The number of anilines is 2. The fourth-order valence-corrected chi connectivity index (χ4v) is 5.55. The number of rotatable bonds is 4. The van der Waals surface area contributed by atoms with Gasteiger partial charge in [-0.05, 0) is 67.8 Å². The average Bonchev–Trinajstić information content (AvgIpc) is 2.87. The highest BCUT2D eigenvalue weighted by Gasteiger charge is 2.46. The molecule has 2 aromatic heterocycles. The van der Waals surface area contributed by atoms with Crippen LogP contribution in [-0.2, 0) is 4.74 Å². The molecule has 1 amide bonds. The summed E-state index contributed by atoms with van der Waals surface area (Å²) in [6.07, 6.45) is 6.57. The van der Waals surface area contributed by atoms with Crippen molar-refractivity contribution < 1.29 is 23.4 Å². The number of pyridine rings is 2. The van der Waals surface area contributed by atoms with Crippen LogP contribution in [0, 0.1) is 11.2 Å². The number of nitrogens with one attached hydrogen (secondary N) is 3. The van der Waals surface area contributed by atoms with Crippen LogP contribution in [0.15, 0.2) is 30.6 Å². The molecular formula is C26H28FN5O4. The molecule has 3 aromatic rings. The van der Waals surface area contributed by atoms with Gasteiger partial charge in [0.1, 0.15) is 30.0 Å². The normalized spacial score (nSPS) is 18.5. The van der Waals surface area contributed by atoms with Crippen molar-refractivity contribution in [2.45, 2.75) is 31.8 Å². The summed E-state index contributed by atoms with van der Waals surface area (Å²) in [5, 5.41) is 10.6. The maximum absolute atomic E-state index is 15.1. The van der Waals surface area contributed by atoms with Crippen LogP contribution in [0.3, 0.4) is 0 Å². The van der Waals surface area contributed by atoms with Gasteiger partial charge in [0.25, 0.3) is 0 Å². The number of halogens is 1. The van der Waals surface area contributed by atoms with Crippen molar-refractivity contribution >= 4 is 28.4 Å². The lowest BCUT2D eigenvalue weighted by molar-refractivity contribution is -0.0539. The zero-order chi connectivity index (χ0) is 24.7. The van der Waals surface area contributed by atoms with Crippen LogP contribution in [0.1, 0.15) is 25.7 Å². The van der Waals surface area contributed by atoms with Crippen LogP contribution >= 0.6 is 0 Å². The van der Waals surface area contributed by atoms with Crippen molar-refractivity contribution in [3.05, 3.63) is 36.4 Å². The van der Waals surface area contributed by atoms with Crippen molar-refractivity contribution in [2.24, 2.45) is 5.41 Å². The number of nitrogens with zero attached hydrogens (tertiary/aromatic N) is 2. The van der Waals surface area contributed by atoms with Gasteiger partial charge in [0, 0.05) is 35.5 Å². The van der Waals surface area contributed by atoms with E-state index in [1.807, 2.05) is 0 Å². The zero-order valence-electron chi connectivity index (χ0n) is 20.0. The molecule has 1 aliphatic carbocycles. The first-order chi connectivity index (χ1) is 17.5. The molecule has 9 nitrogen and oxygen atoms in total. The average molecular weight is 494 g/mol. The maximum Gasteiger partial charge on any atom is 0.413 e. The predicted octanol–water partition coefficient (Wildman–Crippen LogP) is 4.33. The van der Waals surface area contributed by atoms with E-state index < -0.39 is 11.9 Å². The van der Waals surface area contributed by atoms with Gasteiger partial charge in [-0.25, -0.2) is 19.2 Å². The van der Waals surface area contributed by atoms with Gasteiger partial charge in [0.2, 0.25) is 5.88 Å². The van der Waals surface area contributed by atoms with E-state index in [2.05, 4.69) is 25.9 Å². The number of benzene rings is 1. The Labute approximate surface area is 207 Å². The van der Waals surface area contributed by atoms with E-state index >= 15 is 4.39 Å². The lowest BCUT2D eigenvalue weighted by Crippen LogP contribution is -2.49. The van der Waals surface area contributed by atoms with E-state index in [0.29, 0.717) is 63.6 Å².